The fourth-order valence-corrected chi connectivity index (χ4v) is 2.45. The van der Waals surface area contributed by atoms with Gasteiger partial charge in [0.05, 0.1) is 0 Å². The Morgan fingerprint density at radius 3 is 2.53 bits per heavy atom. The second-order valence-electron chi connectivity index (χ2n) is 4.26. The van der Waals surface area contributed by atoms with Gasteiger partial charge in [-0.3, -0.25) is 4.79 Å². The number of aldehydes is 1. The van der Waals surface area contributed by atoms with E-state index in [9.17, 15) is 4.79 Å². The summed E-state index contributed by atoms with van der Waals surface area (Å²) in [6.07, 6.45) is 4.97. The van der Waals surface area contributed by atoms with E-state index in [1.54, 1.807) is 0 Å². The summed E-state index contributed by atoms with van der Waals surface area (Å²) in [6.45, 7) is 0. The first-order chi connectivity index (χ1) is 7.83. The maximum absolute atomic E-state index is 11.4. The van der Waals surface area contributed by atoms with Crippen LogP contribution in [0.1, 0.15) is 31.2 Å². The van der Waals surface area contributed by atoms with Gasteiger partial charge >= 0.3 is 0 Å². The third kappa shape index (κ3) is 1.82. The zero-order valence-corrected chi connectivity index (χ0v) is 8.69. The molecule has 0 heterocycles. The summed E-state index contributed by atoms with van der Waals surface area (Å²) in [5.41, 5.74) is -0.260. The molecule has 2 heteroatoms. The predicted octanol–water partition coefficient (Wildman–Crippen LogP) is 2.26. The highest BCUT2D eigenvalue weighted by molar-refractivity contribution is 5.66. The first kappa shape index (κ1) is 9.10. The van der Waals surface area contributed by atoms with Gasteiger partial charge in [-0.25, -0.2) is 0 Å². The molecular formula is C13H16O2. The van der Waals surface area contributed by atoms with Gasteiger partial charge in [0.1, 0.15) is 5.60 Å². The summed E-state index contributed by atoms with van der Waals surface area (Å²) in [5, 5.41) is 4.84. The Kier molecular flexibility index (Phi) is 2.52. The van der Waals surface area contributed by atoms with Crippen molar-refractivity contribution in [2.45, 2.75) is 31.3 Å². The number of carbonyl (C=O) groups excluding carboxylic acids is 1. The van der Waals surface area contributed by atoms with Crippen molar-refractivity contribution in [3.8, 4) is 0 Å². The van der Waals surface area contributed by atoms with Gasteiger partial charge in [0.2, 0.25) is 1.43 Å². The van der Waals surface area contributed by atoms with E-state index in [-0.39, 0.29) is 5.92 Å². The van der Waals surface area contributed by atoms with Gasteiger partial charge in [-0.05, 0) is 24.3 Å². The third-order valence-corrected chi connectivity index (χ3v) is 3.36. The zero-order chi connectivity index (χ0) is 11.4. The molecule has 0 bridgehead atoms. The molecule has 15 heavy (non-hydrogen) atoms. The molecule has 0 spiro atoms. The molecule has 1 saturated carbocycles. The molecule has 1 aliphatic carbocycles. The van der Waals surface area contributed by atoms with Crippen molar-refractivity contribution in [3.63, 3.8) is 0 Å². The molecule has 0 radical (unpaired) electrons. The zero-order valence-electron chi connectivity index (χ0n) is 9.69. The van der Waals surface area contributed by atoms with Crippen LogP contribution in [0.15, 0.2) is 30.3 Å². The summed E-state index contributed by atoms with van der Waals surface area (Å²) in [6, 6.07) is 9.38. The van der Waals surface area contributed by atoms with Crippen molar-refractivity contribution in [1.29, 1.82) is 1.43 Å². The second-order valence-corrected chi connectivity index (χ2v) is 4.26. The van der Waals surface area contributed by atoms with Crippen molar-refractivity contribution >= 4 is 6.29 Å². The van der Waals surface area contributed by atoms with Crippen LogP contribution in [0.2, 0.25) is 0 Å². The maximum Gasteiger partial charge on any atom is 0.212 e. The van der Waals surface area contributed by atoms with Crippen molar-refractivity contribution in [3.05, 3.63) is 35.9 Å². The molecule has 1 aromatic rings. The molecule has 0 saturated heterocycles. The molecule has 0 amide bonds. The molecule has 1 N–H and O–H groups in total. The summed E-state index contributed by atoms with van der Waals surface area (Å²) >= 11 is 0. The van der Waals surface area contributed by atoms with Gasteiger partial charge in [-0.1, -0.05) is 43.2 Å². The summed E-state index contributed by atoms with van der Waals surface area (Å²) < 4.78 is 7.28. The predicted molar refractivity (Wildman–Crippen MR) is 58.4 cm³/mol. The monoisotopic (exact) mass is 205 g/mol. The molecule has 2 nitrogen and oxygen atoms in total. The number of aliphatic hydroxyl groups is 1. The number of benzene rings is 1. The van der Waals surface area contributed by atoms with Gasteiger partial charge in [0.25, 0.3) is 0 Å². The van der Waals surface area contributed by atoms with E-state index in [2.05, 4.69) is 0 Å². The lowest BCUT2D eigenvalue weighted by molar-refractivity contribution is -0.130. The molecule has 1 fully saturated rings. The first-order valence-corrected chi connectivity index (χ1v) is 5.49. The minimum atomic E-state index is -1.06. The standard InChI is InChI=1S/C13H16O2/c14-10-13(15,12-8-4-5-9-12)11-6-2-1-3-7-11/h1-3,6-7,10,12,15H,4-5,8-9H2/i15D. The Morgan fingerprint density at radius 2 is 2.00 bits per heavy atom. The minimum Gasteiger partial charge on any atom is -0.377 e. The van der Waals surface area contributed by atoms with Crippen molar-refractivity contribution < 1.29 is 9.90 Å². The highest BCUT2D eigenvalue weighted by Gasteiger charge is 2.39. The second kappa shape index (κ2) is 4.15. The molecule has 1 atom stereocenters. The van der Waals surface area contributed by atoms with E-state index in [0.717, 1.165) is 37.5 Å². The Morgan fingerprint density at radius 1 is 1.33 bits per heavy atom. The lowest BCUT2D eigenvalue weighted by atomic mass is 9.81. The normalized spacial score (nSPS) is 22.0. The van der Waals surface area contributed by atoms with E-state index >= 15 is 0 Å². The van der Waals surface area contributed by atoms with Gasteiger partial charge < -0.3 is 5.11 Å². The summed E-state index contributed by atoms with van der Waals surface area (Å²) in [5.74, 6) is 0.143. The number of hydrogen-bond acceptors (Lipinski definition) is 2. The smallest absolute Gasteiger partial charge is 0.212 e. The SMILES string of the molecule is [2H]OC(C=O)(c1ccccc1)C1CCCC1. The number of rotatable bonds is 4. The molecule has 1 unspecified atom stereocenters. The van der Waals surface area contributed by atoms with Crippen LogP contribution in [-0.2, 0) is 10.4 Å². The van der Waals surface area contributed by atoms with Crippen LogP contribution < -0.4 is 0 Å². The van der Waals surface area contributed by atoms with Gasteiger partial charge in [-0.15, -0.1) is 0 Å². The highest BCUT2D eigenvalue weighted by Crippen LogP contribution is 2.39. The van der Waals surface area contributed by atoms with Crippen LogP contribution in [0.3, 0.4) is 0 Å². The molecule has 1 aliphatic rings. The minimum absolute atomic E-state index is 0.143. The lowest BCUT2D eigenvalue weighted by Crippen LogP contribution is -2.35. The molecular weight excluding hydrogens is 188 g/mol. The molecule has 80 valence electrons. The topological polar surface area (TPSA) is 37.3 Å². The quantitative estimate of drug-likeness (QED) is 0.765. The van der Waals surface area contributed by atoms with Crippen molar-refractivity contribution in [2.75, 3.05) is 0 Å². The van der Waals surface area contributed by atoms with Crippen LogP contribution in [0, 0.1) is 5.92 Å². The van der Waals surface area contributed by atoms with Gasteiger partial charge in [-0.2, -0.15) is 0 Å². The Bertz CT molecular complexity index is 346. The fourth-order valence-electron chi connectivity index (χ4n) is 2.45. The largest absolute Gasteiger partial charge is 0.377 e. The highest BCUT2D eigenvalue weighted by atomic mass is 16.3. The van der Waals surface area contributed by atoms with Crippen LogP contribution in [0.25, 0.3) is 0 Å². The van der Waals surface area contributed by atoms with Gasteiger partial charge in [0, 0.05) is 0 Å². The number of carbonyl (C=O) groups is 1. The average molecular weight is 205 g/mol. The average Bonchev–Trinajstić information content (AvgIpc) is 2.87. The molecule has 0 aromatic heterocycles. The molecule has 0 aliphatic heterocycles. The lowest BCUT2D eigenvalue weighted by Gasteiger charge is -2.28. The van der Waals surface area contributed by atoms with E-state index in [4.69, 9.17) is 6.54 Å². The summed E-state index contributed by atoms with van der Waals surface area (Å²) in [7, 11) is 0. The first-order valence-electron chi connectivity index (χ1n) is 5.90. The van der Waals surface area contributed by atoms with E-state index in [1.165, 1.54) is 0 Å². The van der Waals surface area contributed by atoms with Crippen LogP contribution in [0.5, 0.6) is 0 Å². The number of hydrogen-bond donors (Lipinski definition) is 1. The summed E-state index contributed by atoms with van der Waals surface area (Å²) in [4.78, 5) is 11.4. The van der Waals surface area contributed by atoms with Crippen LogP contribution in [0.4, 0.5) is 0 Å². The Labute approximate surface area is 91.4 Å². The molecule has 1 aromatic carbocycles. The van der Waals surface area contributed by atoms with Crippen molar-refractivity contribution in [1.82, 2.24) is 0 Å². The molecule has 2 rings (SSSR count). The Balaban J connectivity index is 2.38. The van der Waals surface area contributed by atoms with E-state index in [1.807, 2.05) is 30.3 Å². The van der Waals surface area contributed by atoms with Gasteiger partial charge in [0.15, 0.2) is 6.29 Å². The van der Waals surface area contributed by atoms with Crippen molar-refractivity contribution in [2.24, 2.45) is 5.92 Å². The third-order valence-electron chi connectivity index (χ3n) is 3.36. The van der Waals surface area contributed by atoms with E-state index < -0.39 is 5.60 Å². The van der Waals surface area contributed by atoms with Crippen LogP contribution in [-0.4, -0.2) is 12.8 Å². The van der Waals surface area contributed by atoms with Crippen LogP contribution >= 0.6 is 0 Å². The maximum atomic E-state index is 11.4. The Hall–Kier alpha value is -1.15. The van der Waals surface area contributed by atoms with E-state index in [0.29, 0.717) is 0 Å². The fraction of sp³-hybridized carbons (Fsp3) is 0.462.